The van der Waals surface area contributed by atoms with E-state index < -0.39 is 11.7 Å². The molecular weight excluding hydrogens is 399 g/mol. The summed E-state index contributed by atoms with van der Waals surface area (Å²) in [4.78, 5) is 17.9. The third-order valence-electron chi connectivity index (χ3n) is 4.53. The Morgan fingerprint density at radius 2 is 1.90 bits per heavy atom. The molecule has 0 bridgehead atoms. The van der Waals surface area contributed by atoms with E-state index in [2.05, 4.69) is 10.3 Å². The highest BCUT2D eigenvalue weighted by Crippen LogP contribution is 2.30. The van der Waals surface area contributed by atoms with Gasteiger partial charge in [0.2, 0.25) is 5.88 Å². The monoisotopic (exact) mass is 419 g/mol. The number of nitrogens with one attached hydrogen (secondary N) is 1. The minimum absolute atomic E-state index is 0.0178. The van der Waals surface area contributed by atoms with Gasteiger partial charge in [-0.2, -0.15) is 13.2 Å². The minimum Gasteiger partial charge on any atom is -0.481 e. The number of hydrogen-bond donors (Lipinski definition) is 1. The molecule has 0 unspecified atom stereocenters. The number of H-pyrrole nitrogens is 1. The summed E-state index contributed by atoms with van der Waals surface area (Å²) < 4.78 is 45.3. The Morgan fingerprint density at radius 1 is 1.17 bits per heavy atom. The molecule has 3 rings (SSSR count). The zero-order chi connectivity index (χ0) is 21.9. The highest BCUT2D eigenvalue weighted by molar-refractivity contribution is 5.98. The number of aromatic nitrogens is 2. The van der Waals surface area contributed by atoms with Crippen LogP contribution in [0.4, 0.5) is 13.2 Å². The minimum atomic E-state index is -4.43. The van der Waals surface area contributed by atoms with Crippen molar-refractivity contribution >= 4 is 5.71 Å². The molecule has 6 nitrogen and oxygen atoms in total. The Bertz CT molecular complexity index is 1130. The zero-order valence-electron chi connectivity index (χ0n) is 16.6. The van der Waals surface area contributed by atoms with Gasteiger partial charge in [-0.15, -0.1) is 0 Å². The molecule has 30 heavy (non-hydrogen) atoms. The van der Waals surface area contributed by atoms with Gasteiger partial charge >= 0.3 is 6.18 Å². The van der Waals surface area contributed by atoms with Crippen molar-refractivity contribution in [2.24, 2.45) is 12.2 Å². The summed E-state index contributed by atoms with van der Waals surface area (Å²) in [6.07, 6.45) is -4.43. The number of ether oxygens (including phenoxy) is 1. The number of aromatic amines is 1. The van der Waals surface area contributed by atoms with Gasteiger partial charge in [-0.25, -0.2) is 0 Å². The number of benzene rings is 2. The Balaban J connectivity index is 1.84. The molecule has 3 aromatic rings. The molecule has 1 aromatic heterocycles. The predicted octanol–water partition coefficient (Wildman–Crippen LogP) is 4.35. The van der Waals surface area contributed by atoms with Crippen LogP contribution in [-0.4, -0.2) is 22.6 Å². The first-order valence-corrected chi connectivity index (χ1v) is 8.97. The summed E-state index contributed by atoms with van der Waals surface area (Å²) in [5.41, 5.74) is 1.24. The van der Waals surface area contributed by atoms with E-state index in [0.717, 1.165) is 12.1 Å². The van der Waals surface area contributed by atoms with Crippen molar-refractivity contribution in [2.45, 2.75) is 19.7 Å². The topological polar surface area (TPSA) is 68.6 Å². The number of aryl methyl sites for hydroxylation is 1. The first kappa shape index (κ1) is 21.2. The van der Waals surface area contributed by atoms with Gasteiger partial charge < -0.3 is 9.57 Å². The van der Waals surface area contributed by atoms with Gasteiger partial charge in [-0.3, -0.25) is 14.6 Å². The fraction of sp³-hybridized carbons (Fsp3) is 0.238. The van der Waals surface area contributed by atoms with Gasteiger partial charge in [-0.1, -0.05) is 41.6 Å². The summed E-state index contributed by atoms with van der Waals surface area (Å²) in [6.45, 7) is 1.58. The standard InChI is InChI=1S/C21H20F3N3O3/c1-13(14-8-6-9-16(11-14)21(22,23)24)26-30-12-15-7-4-5-10-17(15)18-19(29-3)25-27(2)20(18)28/h4-11,25H,12H2,1-3H3. The van der Waals surface area contributed by atoms with Crippen LogP contribution in [0.1, 0.15) is 23.6 Å². The average Bonchev–Trinajstić information content (AvgIpc) is 3.01. The second-order valence-electron chi connectivity index (χ2n) is 6.57. The van der Waals surface area contributed by atoms with Crippen molar-refractivity contribution in [3.8, 4) is 17.0 Å². The van der Waals surface area contributed by atoms with Crippen molar-refractivity contribution in [1.29, 1.82) is 0 Å². The van der Waals surface area contributed by atoms with Crippen molar-refractivity contribution in [2.75, 3.05) is 7.11 Å². The Kier molecular flexibility index (Phi) is 6.00. The fourth-order valence-corrected chi connectivity index (χ4v) is 2.97. The smallest absolute Gasteiger partial charge is 0.416 e. The molecule has 1 heterocycles. The number of alkyl halides is 3. The Hall–Kier alpha value is -3.49. The molecule has 1 N–H and O–H groups in total. The molecule has 0 atom stereocenters. The van der Waals surface area contributed by atoms with Gasteiger partial charge in [-0.05, 0) is 30.2 Å². The molecular formula is C21H20F3N3O3. The van der Waals surface area contributed by atoms with E-state index in [1.165, 1.54) is 23.9 Å². The first-order chi connectivity index (χ1) is 14.2. The largest absolute Gasteiger partial charge is 0.481 e. The SMILES string of the molecule is COc1[nH]n(C)c(=O)c1-c1ccccc1CON=C(C)c1cccc(C(F)(F)F)c1. The summed E-state index contributed by atoms with van der Waals surface area (Å²) in [7, 11) is 3.03. The van der Waals surface area contributed by atoms with E-state index >= 15 is 0 Å². The lowest BCUT2D eigenvalue weighted by molar-refractivity contribution is -0.137. The number of rotatable bonds is 6. The maximum atomic E-state index is 12.9. The molecule has 0 aliphatic heterocycles. The van der Waals surface area contributed by atoms with E-state index in [1.54, 1.807) is 38.2 Å². The van der Waals surface area contributed by atoms with E-state index in [0.29, 0.717) is 33.8 Å². The third kappa shape index (κ3) is 4.40. The molecule has 9 heteroatoms. The predicted molar refractivity (Wildman–Crippen MR) is 106 cm³/mol. The molecule has 0 saturated carbocycles. The molecule has 0 amide bonds. The quantitative estimate of drug-likeness (QED) is 0.477. The molecule has 0 fully saturated rings. The number of hydrogen-bond acceptors (Lipinski definition) is 4. The van der Waals surface area contributed by atoms with Crippen LogP contribution in [0.3, 0.4) is 0 Å². The number of halogens is 3. The van der Waals surface area contributed by atoms with E-state index in [9.17, 15) is 18.0 Å². The molecule has 0 aliphatic carbocycles. The van der Waals surface area contributed by atoms with Gasteiger partial charge in [0.1, 0.15) is 12.2 Å². The van der Waals surface area contributed by atoms with Crippen LogP contribution >= 0.6 is 0 Å². The zero-order valence-corrected chi connectivity index (χ0v) is 16.6. The maximum absolute atomic E-state index is 12.9. The van der Waals surface area contributed by atoms with Crippen molar-refractivity contribution in [3.05, 3.63) is 75.6 Å². The lowest BCUT2D eigenvalue weighted by Gasteiger charge is -2.10. The average molecular weight is 419 g/mol. The molecule has 0 radical (unpaired) electrons. The van der Waals surface area contributed by atoms with Crippen LogP contribution in [0.2, 0.25) is 0 Å². The van der Waals surface area contributed by atoms with Crippen LogP contribution in [0.15, 0.2) is 58.5 Å². The van der Waals surface area contributed by atoms with Crippen molar-refractivity contribution in [3.63, 3.8) is 0 Å². The second-order valence-corrected chi connectivity index (χ2v) is 6.57. The van der Waals surface area contributed by atoms with E-state index in [4.69, 9.17) is 9.57 Å². The van der Waals surface area contributed by atoms with E-state index in [1.807, 2.05) is 0 Å². The highest BCUT2D eigenvalue weighted by atomic mass is 19.4. The molecule has 0 saturated heterocycles. The van der Waals surface area contributed by atoms with Gasteiger partial charge in [0.05, 0.1) is 18.4 Å². The molecule has 2 aromatic carbocycles. The lowest BCUT2D eigenvalue weighted by Crippen LogP contribution is -2.13. The number of methoxy groups -OCH3 is 1. The Morgan fingerprint density at radius 3 is 2.60 bits per heavy atom. The maximum Gasteiger partial charge on any atom is 0.416 e. The molecule has 0 spiro atoms. The van der Waals surface area contributed by atoms with Crippen LogP contribution < -0.4 is 10.3 Å². The summed E-state index contributed by atoms with van der Waals surface area (Å²) in [6, 6.07) is 12.0. The fourth-order valence-electron chi connectivity index (χ4n) is 2.97. The highest BCUT2D eigenvalue weighted by Gasteiger charge is 2.30. The second kappa shape index (κ2) is 8.48. The van der Waals surface area contributed by atoms with Gasteiger partial charge in [0.15, 0.2) is 0 Å². The first-order valence-electron chi connectivity index (χ1n) is 8.97. The van der Waals surface area contributed by atoms with Crippen LogP contribution in [0.25, 0.3) is 11.1 Å². The van der Waals surface area contributed by atoms with Crippen LogP contribution in [0.5, 0.6) is 5.88 Å². The van der Waals surface area contributed by atoms with Gasteiger partial charge in [0.25, 0.3) is 5.56 Å². The summed E-state index contributed by atoms with van der Waals surface area (Å²) in [5, 5.41) is 6.77. The van der Waals surface area contributed by atoms with Crippen LogP contribution in [-0.2, 0) is 24.7 Å². The molecule has 0 aliphatic rings. The van der Waals surface area contributed by atoms with Crippen molar-refractivity contribution in [1.82, 2.24) is 9.78 Å². The summed E-state index contributed by atoms with van der Waals surface area (Å²) >= 11 is 0. The number of nitrogens with zero attached hydrogens (tertiary/aromatic N) is 2. The number of oxime groups is 1. The van der Waals surface area contributed by atoms with E-state index in [-0.39, 0.29) is 12.2 Å². The van der Waals surface area contributed by atoms with Crippen molar-refractivity contribution < 1.29 is 22.7 Å². The summed E-state index contributed by atoms with van der Waals surface area (Å²) in [5.74, 6) is 0.318. The van der Waals surface area contributed by atoms with Gasteiger partial charge in [0, 0.05) is 12.6 Å². The molecule has 158 valence electrons. The lowest BCUT2D eigenvalue weighted by atomic mass is 10.0. The van der Waals surface area contributed by atoms with Crippen LogP contribution in [0, 0.1) is 0 Å². The Labute approximate surface area is 170 Å². The normalized spacial score (nSPS) is 12.1. The third-order valence-corrected chi connectivity index (χ3v) is 4.53.